The number of rotatable bonds is 7. The molecule has 0 fully saturated rings. The van der Waals surface area contributed by atoms with Crippen LogP contribution in [0, 0.1) is 5.92 Å². The highest BCUT2D eigenvalue weighted by Crippen LogP contribution is 2.10. The Kier molecular flexibility index (Phi) is 6.62. The van der Waals surface area contributed by atoms with Crippen LogP contribution in [0.1, 0.15) is 31.1 Å². The Morgan fingerprint density at radius 2 is 1.86 bits per heavy atom. The predicted octanol–water partition coefficient (Wildman–Crippen LogP) is 2.56. The smallest absolute Gasteiger partial charge is 0.253 e. The molecule has 0 aliphatic heterocycles. The van der Waals surface area contributed by atoms with E-state index in [1.807, 2.05) is 13.8 Å². The molecule has 2 N–H and O–H groups in total. The van der Waals surface area contributed by atoms with Crippen LogP contribution in [0.4, 0.5) is 5.69 Å². The molecule has 1 aromatic carbocycles. The standard InChI is InChI=1S/C16H22N2O3/c1-11(2)9-21-10-17-16(20)13-5-7-14(8-6-13)18-15(19)12(3)4/h5-8,11H,3,9-10H2,1-2,4H3,(H,17,20)(H,18,19). The molecule has 0 unspecified atom stereocenters. The van der Waals surface area contributed by atoms with Crippen molar-refractivity contribution < 1.29 is 14.3 Å². The molecule has 0 aliphatic rings. The van der Waals surface area contributed by atoms with Gasteiger partial charge in [-0.1, -0.05) is 20.4 Å². The Balaban J connectivity index is 2.47. The number of carbonyl (C=O) groups excluding carboxylic acids is 2. The molecular formula is C16H22N2O3. The fourth-order valence-corrected chi connectivity index (χ4v) is 1.46. The first-order chi connectivity index (χ1) is 9.90. The lowest BCUT2D eigenvalue weighted by atomic mass is 10.2. The second-order valence-corrected chi connectivity index (χ2v) is 5.23. The first-order valence-electron chi connectivity index (χ1n) is 6.83. The molecule has 0 aromatic heterocycles. The molecule has 0 spiro atoms. The monoisotopic (exact) mass is 290 g/mol. The van der Waals surface area contributed by atoms with Crippen molar-refractivity contribution in [3.8, 4) is 0 Å². The summed E-state index contributed by atoms with van der Waals surface area (Å²) in [7, 11) is 0. The van der Waals surface area contributed by atoms with E-state index in [9.17, 15) is 9.59 Å². The van der Waals surface area contributed by atoms with Crippen molar-refractivity contribution in [2.45, 2.75) is 20.8 Å². The second kappa shape index (κ2) is 8.21. The Morgan fingerprint density at radius 3 is 2.38 bits per heavy atom. The third-order valence-electron chi connectivity index (χ3n) is 2.58. The fourth-order valence-electron chi connectivity index (χ4n) is 1.46. The Hall–Kier alpha value is -2.14. The van der Waals surface area contributed by atoms with Crippen LogP contribution in [0.3, 0.4) is 0 Å². The van der Waals surface area contributed by atoms with Crippen molar-refractivity contribution in [2.75, 3.05) is 18.7 Å². The highest BCUT2D eigenvalue weighted by Gasteiger charge is 2.06. The summed E-state index contributed by atoms with van der Waals surface area (Å²) in [4.78, 5) is 23.3. The minimum absolute atomic E-state index is 0.186. The zero-order chi connectivity index (χ0) is 15.8. The summed E-state index contributed by atoms with van der Waals surface area (Å²) in [5, 5.41) is 5.35. The summed E-state index contributed by atoms with van der Waals surface area (Å²) in [6.07, 6.45) is 0. The van der Waals surface area contributed by atoms with Gasteiger partial charge in [0, 0.05) is 16.8 Å². The number of hydrogen-bond donors (Lipinski definition) is 2. The molecule has 0 atom stereocenters. The summed E-state index contributed by atoms with van der Waals surface area (Å²) in [5.74, 6) is -0.0241. The summed E-state index contributed by atoms with van der Waals surface area (Å²) < 4.78 is 5.29. The van der Waals surface area contributed by atoms with E-state index in [0.29, 0.717) is 29.3 Å². The minimum Gasteiger partial charge on any atom is -0.361 e. The molecular weight excluding hydrogens is 268 g/mol. The van der Waals surface area contributed by atoms with E-state index in [0.717, 1.165) is 0 Å². The third kappa shape index (κ3) is 6.23. The molecule has 0 saturated carbocycles. The Labute approximate surface area is 125 Å². The topological polar surface area (TPSA) is 67.4 Å². The van der Waals surface area contributed by atoms with Crippen LogP contribution in [0.25, 0.3) is 0 Å². The average molecular weight is 290 g/mol. The fraction of sp³-hybridized carbons (Fsp3) is 0.375. The van der Waals surface area contributed by atoms with Crippen molar-refractivity contribution in [3.05, 3.63) is 42.0 Å². The van der Waals surface area contributed by atoms with Gasteiger partial charge in [0.15, 0.2) is 0 Å². The van der Waals surface area contributed by atoms with Gasteiger partial charge < -0.3 is 15.4 Å². The zero-order valence-corrected chi connectivity index (χ0v) is 12.7. The van der Waals surface area contributed by atoms with Gasteiger partial charge in [0.2, 0.25) is 0 Å². The maximum atomic E-state index is 11.8. The molecule has 0 radical (unpaired) electrons. The average Bonchev–Trinajstić information content (AvgIpc) is 2.43. The van der Waals surface area contributed by atoms with E-state index in [1.54, 1.807) is 31.2 Å². The molecule has 0 saturated heterocycles. The molecule has 1 aromatic rings. The van der Waals surface area contributed by atoms with Gasteiger partial charge in [0.05, 0.1) is 6.61 Å². The molecule has 21 heavy (non-hydrogen) atoms. The summed E-state index contributed by atoms with van der Waals surface area (Å²) in [5.41, 5.74) is 1.56. The molecule has 5 nitrogen and oxygen atoms in total. The highest BCUT2D eigenvalue weighted by atomic mass is 16.5. The van der Waals surface area contributed by atoms with Gasteiger partial charge in [-0.3, -0.25) is 9.59 Å². The maximum absolute atomic E-state index is 11.8. The van der Waals surface area contributed by atoms with Crippen LogP contribution in [0.5, 0.6) is 0 Å². The molecule has 1 rings (SSSR count). The van der Waals surface area contributed by atoms with E-state index < -0.39 is 0 Å². The van der Waals surface area contributed by atoms with Crippen LogP contribution < -0.4 is 10.6 Å². The van der Waals surface area contributed by atoms with Crippen LogP contribution in [0.15, 0.2) is 36.4 Å². The van der Waals surface area contributed by atoms with Crippen molar-refractivity contribution in [1.82, 2.24) is 5.32 Å². The number of ether oxygens (including phenoxy) is 1. The normalized spacial score (nSPS) is 10.3. The van der Waals surface area contributed by atoms with Gasteiger partial charge in [-0.05, 0) is 37.1 Å². The highest BCUT2D eigenvalue weighted by molar-refractivity contribution is 6.03. The quantitative estimate of drug-likeness (QED) is 0.461. The van der Waals surface area contributed by atoms with E-state index >= 15 is 0 Å². The summed E-state index contributed by atoms with van der Waals surface area (Å²) >= 11 is 0. The lowest BCUT2D eigenvalue weighted by Gasteiger charge is -2.09. The largest absolute Gasteiger partial charge is 0.361 e. The van der Waals surface area contributed by atoms with Crippen molar-refractivity contribution in [3.63, 3.8) is 0 Å². The van der Waals surface area contributed by atoms with Gasteiger partial charge in [0.1, 0.15) is 6.73 Å². The second-order valence-electron chi connectivity index (χ2n) is 5.23. The molecule has 2 amide bonds. The molecule has 0 aliphatic carbocycles. The first kappa shape index (κ1) is 16.9. The first-order valence-corrected chi connectivity index (χ1v) is 6.83. The molecule has 0 bridgehead atoms. The number of hydrogen-bond acceptors (Lipinski definition) is 3. The van der Waals surface area contributed by atoms with Crippen LogP contribution >= 0.6 is 0 Å². The molecule has 114 valence electrons. The zero-order valence-electron chi connectivity index (χ0n) is 12.7. The van der Waals surface area contributed by atoms with Crippen LogP contribution in [0.2, 0.25) is 0 Å². The summed E-state index contributed by atoms with van der Waals surface area (Å²) in [6, 6.07) is 6.63. The van der Waals surface area contributed by atoms with Crippen molar-refractivity contribution >= 4 is 17.5 Å². The Morgan fingerprint density at radius 1 is 1.24 bits per heavy atom. The van der Waals surface area contributed by atoms with Gasteiger partial charge in [-0.25, -0.2) is 0 Å². The van der Waals surface area contributed by atoms with E-state index in [1.165, 1.54) is 0 Å². The van der Waals surface area contributed by atoms with E-state index in [2.05, 4.69) is 17.2 Å². The van der Waals surface area contributed by atoms with Crippen molar-refractivity contribution in [2.24, 2.45) is 5.92 Å². The van der Waals surface area contributed by atoms with Crippen LogP contribution in [-0.4, -0.2) is 25.2 Å². The van der Waals surface area contributed by atoms with Gasteiger partial charge >= 0.3 is 0 Å². The number of anilines is 1. The molecule has 0 heterocycles. The van der Waals surface area contributed by atoms with E-state index in [-0.39, 0.29) is 18.5 Å². The lowest BCUT2D eigenvalue weighted by Crippen LogP contribution is -2.26. The van der Waals surface area contributed by atoms with Gasteiger partial charge in [-0.2, -0.15) is 0 Å². The molecule has 5 heteroatoms. The SMILES string of the molecule is C=C(C)C(=O)Nc1ccc(C(=O)NCOCC(C)C)cc1. The number of benzene rings is 1. The van der Waals surface area contributed by atoms with Gasteiger partial charge in [0.25, 0.3) is 11.8 Å². The van der Waals surface area contributed by atoms with Crippen LogP contribution in [-0.2, 0) is 9.53 Å². The minimum atomic E-state index is -0.241. The maximum Gasteiger partial charge on any atom is 0.253 e. The summed E-state index contributed by atoms with van der Waals surface area (Å²) in [6.45, 7) is 10.1. The predicted molar refractivity (Wildman–Crippen MR) is 83.0 cm³/mol. The third-order valence-corrected chi connectivity index (χ3v) is 2.58. The Bertz CT molecular complexity index is 507. The number of carbonyl (C=O) groups is 2. The van der Waals surface area contributed by atoms with Gasteiger partial charge in [-0.15, -0.1) is 0 Å². The van der Waals surface area contributed by atoms with E-state index in [4.69, 9.17) is 4.74 Å². The van der Waals surface area contributed by atoms with Crippen molar-refractivity contribution in [1.29, 1.82) is 0 Å². The lowest BCUT2D eigenvalue weighted by molar-refractivity contribution is -0.112. The number of nitrogens with one attached hydrogen (secondary N) is 2. The number of amides is 2.